The number of carbonyl (C=O) groups is 1. The Labute approximate surface area is 146 Å². The fourth-order valence-corrected chi connectivity index (χ4v) is 4.10. The predicted octanol–water partition coefficient (Wildman–Crippen LogP) is 2.81. The molecule has 0 saturated heterocycles. The third kappa shape index (κ3) is 3.97. The summed E-state index contributed by atoms with van der Waals surface area (Å²) in [7, 11) is -3.84. The smallest absolute Gasteiger partial charge is 0.286 e. The van der Waals surface area contributed by atoms with E-state index in [0.717, 1.165) is 23.9 Å². The van der Waals surface area contributed by atoms with Crippen molar-refractivity contribution in [1.82, 2.24) is 0 Å². The van der Waals surface area contributed by atoms with E-state index in [9.17, 15) is 22.0 Å². The molecule has 0 spiro atoms. The first-order valence-corrected chi connectivity index (χ1v) is 9.36. The van der Waals surface area contributed by atoms with Crippen molar-refractivity contribution in [2.75, 3.05) is 16.4 Å². The lowest BCUT2D eigenvalue weighted by Gasteiger charge is -2.17. The van der Waals surface area contributed by atoms with Crippen LogP contribution >= 0.6 is 11.8 Å². The Balaban J connectivity index is 1.66. The summed E-state index contributed by atoms with van der Waals surface area (Å²) in [6.45, 7) is 0. The van der Waals surface area contributed by atoms with Crippen LogP contribution in [0.25, 0.3) is 0 Å². The standard InChI is InChI=1S/C15H11F2N3O3S2/c16-9-5-6-11(10(17)7-9)18-14(21)8-24-15-19-12-3-1-2-4-13(12)25(22,23)20-15/h1-7H,8H2,(H,18,21)(H,19,20). The van der Waals surface area contributed by atoms with E-state index in [1.54, 1.807) is 18.2 Å². The number of sulfonamides is 1. The van der Waals surface area contributed by atoms with Crippen LogP contribution in [0.2, 0.25) is 0 Å². The topological polar surface area (TPSA) is 87.6 Å². The predicted molar refractivity (Wildman–Crippen MR) is 92.1 cm³/mol. The van der Waals surface area contributed by atoms with Crippen molar-refractivity contribution in [2.45, 2.75) is 4.90 Å². The maximum absolute atomic E-state index is 13.5. The van der Waals surface area contributed by atoms with Crippen LogP contribution in [0.3, 0.4) is 0 Å². The van der Waals surface area contributed by atoms with Gasteiger partial charge in [0.25, 0.3) is 10.0 Å². The van der Waals surface area contributed by atoms with E-state index in [1.807, 2.05) is 0 Å². The Morgan fingerprint density at radius 2 is 1.96 bits per heavy atom. The number of anilines is 2. The van der Waals surface area contributed by atoms with Crippen LogP contribution in [0.1, 0.15) is 0 Å². The first-order chi connectivity index (χ1) is 11.8. The number of nitrogens with zero attached hydrogens (tertiary/aromatic N) is 1. The number of benzene rings is 2. The summed E-state index contributed by atoms with van der Waals surface area (Å²) in [5, 5.41) is 5.14. The summed E-state index contributed by atoms with van der Waals surface area (Å²) in [6, 6.07) is 9.02. The van der Waals surface area contributed by atoms with Gasteiger partial charge in [0, 0.05) is 6.07 Å². The fourth-order valence-electron chi connectivity index (χ4n) is 2.06. The molecule has 2 N–H and O–H groups in total. The Bertz CT molecular complexity index is 978. The highest BCUT2D eigenvalue weighted by Gasteiger charge is 2.24. The molecule has 2 aromatic rings. The number of hydrogen-bond donors (Lipinski definition) is 2. The molecular formula is C15H11F2N3O3S2. The number of para-hydroxylation sites is 1. The molecule has 0 atom stereocenters. The van der Waals surface area contributed by atoms with Crippen molar-refractivity contribution in [1.29, 1.82) is 0 Å². The van der Waals surface area contributed by atoms with E-state index in [2.05, 4.69) is 15.0 Å². The minimum atomic E-state index is -3.84. The van der Waals surface area contributed by atoms with Gasteiger partial charge in [0.15, 0.2) is 5.17 Å². The highest BCUT2D eigenvalue weighted by molar-refractivity contribution is 8.15. The molecule has 0 bridgehead atoms. The Kier molecular flexibility index (Phi) is 4.73. The molecule has 1 amide bonds. The van der Waals surface area contributed by atoms with Gasteiger partial charge in [-0.1, -0.05) is 23.9 Å². The van der Waals surface area contributed by atoms with Gasteiger partial charge in [-0.3, -0.25) is 4.79 Å². The molecule has 2 aromatic carbocycles. The number of amides is 1. The van der Waals surface area contributed by atoms with E-state index in [-0.39, 0.29) is 21.5 Å². The number of thioether (sulfide) groups is 1. The van der Waals surface area contributed by atoms with E-state index in [0.29, 0.717) is 11.8 Å². The molecule has 6 nitrogen and oxygen atoms in total. The second-order valence-corrected chi connectivity index (χ2v) is 7.49. The maximum atomic E-state index is 13.5. The average molecular weight is 383 g/mol. The minimum Gasteiger partial charge on any atom is -0.333 e. The summed E-state index contributed by atoms with van der Waals surface area (Å²) in [5.41, 5.74) is 0.202. The van der Waals surface area contributed by atoms with E-state index in [4.69, 9.17) is 0 Å². The number of fused-ring (bicyclic) bond motifs is 1. The van der Waals surface area contributed by atoms with Gasteiger partial charge >= 0.3 is 0 Å². The van der Waals surface area contributed by atoms with Crippen molar-refractivity contribution >= 4 is 44.2 Å². The van der Waals surface area contributed by atoms with Crippen molar-refractivity contribution < 1.29 is 22.0 Å². The molecule has 0 unspecified atom stereocenters. The highest BCUT2D eigenvalue weighted by Crippen LogP contribution is 2.29. The lowest BCUT2D eigenvalue weighted by atomic mass is 10.3. The second kappa shape index (κ2) is 6.81. The van der Waals surface area contributed by atoms with Crippen molar-refractivity contribution in [3.63, 3.8) is 0 Å². The number of rotatable bonds is 3. The van der Waals surface area contributed by atoms with E-state index in [1.165, 1.54) is 6.07 Å². The van der Waals surface area contributed by atoms with Crippen LogP contribution in [-0.2, 0) is 14.8 Å². The van der Waals surface area contributed by atoms with Gasteiger partial charge in [-0.05, 0) is 24.3 Å². The summed E-state index contributed by atoms with van der Waals surface area (Å²) in [4.78, 5) is 11.9. The average Bonchev–Trinajstić information content (AvgIpc) is 2.55. The van der Waals surface area contributed by atoms with Crippen LogP contribution in [0, 0.1) is 11.6 Å². The quantitative estimate of drug-likeness (QED) is 0.851. The molecule has 25 heavy (non-hydrogen) atoms. The molecule has 130 valence electrons. The molecule has 3 rings (SSSR count). The molecule has 0 radical (unpaired) electrons. The SMILES string of the molecule is O=C(CSC1=NS(=O)(=O)c2ccccc2N1)Nc1ccc(F)cc1F. The fraction of sp³-hybridized carbons (Fsp3) is 0.0667. The van der Waals surface area contributed by atoms with Crippen LogP contribution in [-0.4, -0.2) is 25.2 Å². The first kappa shape index (κ1) is 17.4. The van der Waals surface area contributed by atoms with Crippen molar-refractivity contribution in [2.24, 2.45) is 4.40 Å². The second-order valence-electron chi connectivity index (χ2n) is 4.95. The van der Waals surface area contributed by atoms with Gasteiger partial charge in [0.2, 0.25) is 5.91 Å². The Morgan fingerprint density at radius 1 is 1.20 bits per heavy atom. The number of nitrogens with one attached hydrogen (secondary N) is 2. The van der Waals surface area contributed by atoms with Crippen LogP contribution in [0.5, 0.6) is 0 Å². The van der Waals surface area contributed by atoms with Gasteiger partial charge in [-0.25, -0.2) is 8.78 Å². The number of carbonyl (C=O) groups excluding carboxylic acids is 1. The molecule has 0 saturated carbocycles. The zero-order valence-corrected chi connectivity index (χ0v) is 14.1. The maximum Gasteiger partial charge on any atom is 0.286 e. The third-order valence-electron chi connectivity index (χ3n) is 3.15. The number of hydrogen-bond acceptors (Lipinski definition) is 5. The van der Waals surface area contributed by atoms with Gasteiger partial charge in [0.05, 0.1) is 17.1 Å². The molecule has 0 aromatic heterocycles. The Hall–Kier alpha value is -2.46. The van der Waals surface area contributed by atoms with Crippen molar-refractivity contribution in [3.8, 4) is 0 Å². The van der Waals surface area contributed by atoms with Gasteiger partial charge in [0.1, 0.15) is 16.5 Å². The van der Waals surface area contributed by atoms with Crippen LogP contribution < -0.4 is 10.6 Å². The molecule has 1 aliphatic heterocycles. The molecule has 0 aliphatic carbocycles. The van der Waals surface area contributed by atoms with Gasteiger partial charge < -0.3 is 10.6 Å². The van der Waals surface area contributed by atoms with Crippen LogP contribution in [0.4, 0.5) is 20.2 Å². The first-order valence-electron chi connectivity index (χ1n) is 6.94. The molecule has 0 fully saturated rings. The summed E-state index contributed by atoms with van der Waals surface area (Å²) in [5.74, 6) is -2.45. The van der Waals surface area contributed by atoms with E-state index >= 15 is 0 Å². The highest BCUT2D eigenvalue weighted by atomic mass is 32.2. The third-order valence-corrected chi connectivity index (χ3v) is 5.48. The zero-order chi connectivity index (χ0) is 18.0. The molecule has 10 heteroatoms. The lowest BCUT2D eigenvalue weighted by Crippen LogP contribution is -2.22. The van der Waals surface area contributed by atoms with Gasteiger partial charge in [-0.15, -0.1) is 4.40 Å². The van der Waals surface area contributed by atoms with E-state index < -0.39 is 27.6 Å². The van der Waals surface area contributed by atoms with Crippen LogP contribution in [0.15, 0.2) is 51.8 Å². The monoisotopic (exact) mass is 383 g/mol. The number of amidine groups is 1. The Morgan fingerprint density at radius 3 is 2.72 bits per heavy atom. The zero-order valence-electron chi connectivity index (χ0n) is 12.5. The summed E-state index contributed by atoms with van der Waals surface area (Å²) >= 11 is 0.851. The molecular weight excluding hydrogens is 372 g/mol. The molecule has 1 aliphatic rings. The normalized spacial score (nSPS) is 14.9. The summed E-state index contributed by atoms with van der Waals surface area (Å²) in [6.07, 6.45) is 0. The largest absolute Gasteiger partial charge is 0.333 e. The lowest BCUT2D eigenvalue weighted by molar-refractivity contribution is -0.113. The summed E-state index contributed by atoms with van der Waals surface area (Å²) < 4.78 is 54.1. The minimum absolute atomic E-state index is 0.0356. The van der Waals surface area contributed by atoms with Gasteiger partial charge in [-0.2, -0.15) is 8.42 Å². The van der Waals surface area contributed by atoms with Crippen molar-refractivity contribution in [3.05, 3.63) is 54.1 Å². The molecule has 1 heterocycles. The number of halogens is 2.